The number of thioether (sulfide) groups is 1. The van der Waals surface area contributed by atoms with Gasteiger partial charge in [0.05, 0.1) is 12.1 Å². The molecule has 0 aromatic heterocycles. The lowest BCUT2D eigenvalue weighted by molar-refractivity contribution is -0.138. The monoisotopic (exact) mass is 338 g/mol. The average molecular weight is 338 g/mol. The fourth-order valence-corrected chi connectivity index (χ4v) is 2.50. The molecule has 0 fully saturated rings. The van der Waals surface area contributed by atoms with Crippen LogP contribution >= 0.6 is 11.8 Å². The number of nitrogens with one attached hydrogen (secondary N) is 1. The van der Waals surface area contributed by atoms with Crippen molar-refractivity contribution < 1.29 is 19.1 Å². The van der Waals surface area contributed by atoms with Gasteiger partial charge >= 0.3 is 5.97 Å². The van der Waals surface area contributed by atoms with Crippen LogP contribution in [0, 0.1) is 0 Å². The molecule has 0 atom stereocenters. The van der Waals surface area contributed by atoms with Crippen molar-refractivity contribution in [3.05, 3.63) is 29.8 Å². The lowest BCUT2D eigenvalue weighted by Crippen LogP contribution is -2.42. The molecule has 0 saturated heterocycles. The Bertz CT molecular complexity index is 563. The summed E-state index contributed by atoms with van der Waals surface area (Å²) in [6, 6.07) is 7.05. The maximum atomic E-state index is 12.1. The predicted octanol–water partition coefficient (Wildman–Crippen LogP) is 1.55. The molecule has 2 amide bonds. The number of ether oxygens (including phenoxy) is 1. The Balaban J connectivity index is 2.60. The number of rotatable bonds is 8. The summed E-state index contributed by atoms with van der Waals surface area (Å²) in [5.74, 6) is -1.17. The van der Waals surface area contributed by atoms with Gasteiger partial charge in [0, 0.05) is 18.0 Å². The zero-order chi connectivity index (χ0) is 17.2. The Morgan fingerprint density at radius 1 is 1.22 bits per heavy atom. The van der Waals surface area contributed by atoms with Crippen LogP contribution < -0.4 is 5.32 Å². The minimum absolute atomic E-state index is 0.0396. The van der Waals surface area contributed by atoms with Crippen molar-refractivity contribution >= 4 is 29.5 Å². The van der Waals surface area contributed by atoms with Crippen LogP contribution in [0.15, 0.2) is 29.2 Å². The van der Waals surface area contributed by atoms with Crippen molar-refractivity contribution in [3.8, 4) is 0 Å². The molecule has 23 heavy (non-hydrogen) atoms. The molecular weight excluding hydrogens is 316 g/mol. The molecule has 126 valence electrons. The van der Waals surface area contributed by atoms with Crippen LogP contribution in [-0.4, -0.2) is 55.2 Å². The number of esters is 1. The Morgan fingerprint density at radius 2 is 1.91 bits per heavy atom. The second kappa shape index (κ2) is 9.89. The first-order chi connectivity index (χ1) is 11.0. The van der Waals surface area contributed by atoms with Crippen LogP contribution in [0.3, 0.4) is 0 Å². The van der Waals surface area contributed by atoms with E-state index in [1.807, 2.05) is 18.4 Å². The predicted molar refractivity (Wildman–Crippen MR) is 89.4 cm³/mol. The third-order valence-electron chi connectivity index (χ3n) is 3.10. The summed E-state index contributed by atoms with van der Waals surface area (Å²) in [4.78, 5) is 37.8. The van der Waals surface area contributed by atoms with Gasteiger partial charge in [0.25, 0.3) is 5.91 Å². The van der Waals surface area contributed by atoms with E-state index in [0.717, 1.165) is 4.90 Å². The van der Waals surface area contributed by atoms with E-state index >= 15 is 0 Å². The summed E-state index contributed by atoms with van der Waals surface area (Å²) in [7, 11) is 0. The second-order valence-electron chi connectivity index (χ2n) is 4.64. The van der Waals surface area contributed by atoms with Crippen LogP contribution in [0.5, 0.6) is 0 Å². The first-order valence-electron chi connectivity index (χ1n) is 7.38. The molecule has 0 aliphatic heterocycles. The van der Waals surface area contributed by atoms with Crippen LogP contribution in [-0.2, 0) is 14.3 Å². The summed E-state index contributed by atoms with van der Waals surface area (Å²) in [5, 5.41) is 2.63. The highest BCUT2D eigenvalue weighted by atomic mass is 32.2. The molecule has 0 radical (unpaired) electrons. The maximum Gasteiger partial charge on any atom is 0.339 e. The van der Waals surface area contributed by atoms with Gasteiger partial charge in [0.1, 0.15) is 0 Å². The van der Waals surface area contributed by atoms with E-state index < -0.39 is 11.9 Å². The zero-order valence-electron chi connectivity index (χ0n) is 13.6. The Morgan fingerprint density at radius 3 is 2.52 bits per heavy atom. The van der Waals surface area contributed by atoms with Gasteiger partial charge in [-0.1, -0.05) is 12.1 Å². The minimum atomic E-state index is -0.544. The van der Waals surface area contributed by atoms with Gasteiger partial charge in [-0.05, 0) is 32.2 Å². The van der Waals surface area contributed by atoms with Gasteiger partial charge in [-0.3, -0.25) is 9.59 Å². The second-order valence-corrected chi connectivity index (χ2v) is 5.49. The summed E-state index contributed by atoms with van der Waals surface area (Å²) in [6.45, 7) is 4.03. The van der Waals surface area contributed by atoms with Crippen molar-refractivity contribution in [1.29, 1.82) is 0 Å². The van der Waals surface area contributed by atoms with Gasteiger partial charge < -0.3 is 15.0 Å². The van der Waals surface area contributed by atoms with E-state index in [9.17, 15) is 14.4 Å². The maximum absolute atomic E-state index is 12.1. The summed E-state index contributed by atoms with van der Waals surface area (Å²) < 4.78 is 5.08. The highest BCUT2D eigenvalue weighted by molar-refractivity contribution is 7.98. The molecule has 0 bridgehead atoms. The lowest BCUT2D eigenvalue weighted by Gasteiger charge is -2.20. The Hall–Kier alpha value is -2.02. The third-order valence-corrected chi connectivity index (χ3v) is 3.89. The van der Waals surface area contributed by atoms with E-state index in [1.165, 1.54) is 16.7 Å². The van der Waals surface area contributed by atoms with Crippen LogP contribution in [0.1, 0.15) is 24.2 Å². The standard InChI is InChI=1S/C16H22N2O4S/c1-4-17-14(19)10-18(5-2)15(20)11-22-16(21)12-8-6-7-9-13(12)23-3/h6-9H,4-5,10-11H2,1-3H3,(H,17,19). The molecule has 0 unspecified atom stereocenters. The van der Waals surface area contributed by atoms with Crippen LogP contribution in [0.25, 0.3) is 0 Å². The molecule has 1 aromatic carbocycles. The van der Waals surface area contributed by atoms with Crippen molar-refractivity contribution in [3.63, 3.8) is 0 Å². The molecule has 1 N–H and O–H groups in total. The smallest absolute Gasteiger partial charge is 0.339 e. The quantitative estimate of drug-likeness (QED) is 0.575. The molecule has 0 aliphatic carbocycles. The van der Waals surface area contributed by atoms with E-state index in [2.05, 4.69) is 5.32 Å². The first-order valence-corrected chi connectivity index (χ1v) is 8.60. The number of hydrogen-bond donors (Lipinski definition) is 1. The van der Waals surface area contributed by atoms with Gasteiger partial charge in [-0.15, -0.1) is 11.8 Å². The lowest BCUT2D eigenvalue weighted by atomic mass is 10.2. The Labute approximate surface area is 140 Å². The van der Waals surface area contributed by atoms with Crippen molar-refractivity contribution in [2.45, 2.75) is 18.7 Å². The van der Waals surface area contributed by atoms with E-state index in [0.29, 0.717) is 18.7 Å². The Kier molecular flexibility index (Phi) is 8.18. The SMILES string of the molecule is CCNC(=O)CN(CC)C(=O)COC(=O)c1ccccc1SC. The normalized spacial score (nSPS) is 10.0. The highest BCUT2D eigenvalue weighted by Gasteiger charge is 2.18. The number of carbonyl (C=O) groups is 3. The number of benzene rings is 1. The third kappa shape index (κ3) is 5.94. The van der Waals surface area contributed by atoms with Crippen LogP contribution in [0.2, 0.25) is 0 Å². The van der Waals surface area contributed by atoms with Crippen molar-refractivity contribution in [2.75, 3.05) is 32.5 Å². The van der Waals surface area contributed by atoms with Crippen molar-refractivity contribution in [2.24, 2.45) is 0 Å². The minimum Gasteiger partial charge on any atom is -0.452 e. The summed E-state index contributed by atoms with van der Waals surface area (Å²) in [6.07, 6.45) is 1.86. The largest absolute Gasteiger partial charge is 0.452 e. The molecule has 1 aromatic rings. The zero-order valence-corrected chi connectivity index (χ0v) is 14.4. The summed E-state index contributed by atoms with van der Waals surface area (Å²) >= 11 is 1.43. The number of amides is 2. The molecule has 0 saturated carbocycles. The van der Waals surface area contributed by atoms with Crippen LogP contribution in [0.4, 0.5) is 0 Å². The summed E-state index contributed by atoms with van der Waals surface area (Å²) in [5.41, 5.74) is 0.430. The molecule has 7 heteroatoms. The molecule has 0 heterocycles. The molecule has 1 rings (SSSR count). The molecule has 0 spiro atoms. The molecule has 0 aliphatic rings. The molecular formula is C16H22N2O4S. The average Bonchev–Trinajstić information content (AvgIpc) is 2.57. The topological polar surface area (TPSA) is 75.7 Å². The number of likely N-dealkylation sites (N-methyl/N-ethyl adjacent to an activating group) is 2. The first kappa shape index (κ1) is 19.0. The fraction of sp³-hybridized carbons (Fsp3) is 0.438. The number of nitrogens with zero attached hydrogens (tertiary/aromatic N) is 1. The highest BCUT2D eigenvalue weighted by Crippen LogP contribution is 2.20. The number of carbonyl (C=O) groups excluding carboxylic acids is 3. The van der Waals surface area contributed by atoms with Crippen molar-refractivity contribution in [1.82, 2.24) is 10.2 Å². The van der Waals surface area contributed by atoms with E-state index in [-0.39, 0.29) is 19.1 Å². The van der Waals surface area contributed by atoms with E-state index in [4.69, 9.17) is 4.74 Å². The van der Waals surface area contributed by atoms with Gasteiger partial charge in [-0.25, -0.2) is 4.79 Å². The molecule has 6 nitrogen and oxygen atoms in total. The number of hydrogen-bond acceptors (Lipinski definition) is 5. The van der Waals surface area contributed by atoms with E-state index in [1.54, 1.807) is 26.0 Å². The van der Waals surface area contributed by atoms with Gasteiger partial charge in [0.2, 0.25) is 5.91 Å². The van der Waals surface area contributed by atoms with Gasteiger partial charge in [0.15, 0.2) is 6.61 Å². The fourth-order valence-electron chi connectivity index (χ4n) is 1.91. The van der Waals surface area contributed by atoms with Gasteiger partial charge in [-0.2, -0.15) is 0 Å².